The Kier molecular flexibility index (Phi) is 5.80. The van der Waals surface area contributed by atoms with Crippen molar-refractivity contribution in [3.05, 3.63) is 47.7 Å². The lowest BCUT2D eigenvalue weighted by Crippen LogP contribution is -2.45. The molecular formula is C18H18F3N5O2S. The summed E-state index contributed by atoms with van der Waals surface area (Å²) in [5.41, 5.74) is 3.01. The minimum absolute atomic E-state index is 0.0235. The van der Waals surface area contributed by atoms with E-state index in [0.29, 0.717) is 5.03 Å². The van der Waals surface area contributed by atoms with Gasteiger partial charge in [0.2, 0.25) is 0 Å². The molecule has 1 atom stereocenters. The third kappa shape index (κ3) is 4.20. The number of benzene rings is 1. The number of hydrogen-bond acceptors (Lipinski definition) is 7. The Labute approximate surface area is 169 Å². The summed E-state index contributed by atoms with van der Waals surface area (Å²) < 4.78 is 48.8. The first-order valence-electron chi connectivity index (χ1n) is 8.43. The monoisotopic (exact) mass is 425 g/mol. The fourth-order valence-corrected chi connectivity index (χ4v) is 3.11. The fraction of sp³-hybridized carbons (Fsp3) is 0.333. The third-order valence-electron chi connectivity index (χ3n) is 4.43. The van der Waals surface area contributed by atoms with E-state index in [1.165, 1.54) is 30.2 Å². The number of hydrogen-bond donors (Lipinski definition) is 2. The number of nitrogens with two attached hydrogens (primary N) is 1. The van der Waals surface area contributed by atoms with Crippen molar-refractivity contribution in [1.82, 2.24) is 9.97 Å². The van der Waals surface area contributed by atoms with Gasteiger partial charge in [-0.3, -0.25) is 9.79 Å². The van der Waals surface area contributed by atoms with Crippen LogP contribution in [0.2, 0.25) is 0 Å². The lowest BCUT2D eigenvalue weighted by Gasteiger charge is -2.33. The van der Waals surface area contributed by atoms with Crippen LogP contribution in [0.1, 0.15) is 23.0 Å². The first kappa shape index (κ1) is 21.1. The number of carbonyl (C=O) groups is 1. The zero-order valence-electron chi connectivity index (χ0n) is 15.6. The maximum atomic E-state index is 14.7. The van der Waals surface area contributed by atoms with Gasteiger partial charge in [0.25, 0.3) is 11.8 Å². The summed E-state index contributed by atoms with van der Waals surface area (Å²) in [6, 6.07) is 3.33. The van der Waals surface area contributed by atoms with Gasteiger partial charge in [0.05, 0.1) is 12.4 Å². The van der Waals surface area contributed by atoms with Crippen molar-refractivity contribution in [3.8, 4) is 0 Å². The molecule has 0 saturated carbocycles. The number of rotatable bonds is 4. The Morgan fingerprint density at radius 1 is 1.31 bits per heavy atom. The van der Waals surface area contributed by atoms with Crippen LogP contribution in [0.3, 0.4) is 0 Å². The molecule has 1 unspecified atom stereocenters. The van der Waals surface area contributed by atoms with Crippen molar-refractivity contribution < 1.29 is 22.7 Å². The lowest BCUT2D eigenvalue weighted by atomic mass is 9.85. The number of amides is 1. The number of carbonyl (C=O) groups excluding carboxylic acids is 1. The van der Waals surface area contributed by atoms with Gasteiger partial charge >= 0.3 is 0 Å². The minimum Gasteiger partial charge on any atom is -0.385 e. The number of ether oxygens (including phenoxy) is 1. The van der Waals surface area contributed by atoms with Crippen LogP contribution in [0.15, 0.2) is 40.6 Å². The van der Waals surface area contributed by atoms with E-state index in [1.54, 1.807) is 0 Å². The van der Waals surface area contributed by atoms with E-state index in [4.69, 9.17) is 10.5 Å². The van der Waals surface area contributed by atoms with Gasteiger partial charge in [0, 0.05) is 11.3 Å². The van der Waals surface area contributed by atoms with Crippen molar-refractivity contribution in [3.63, 3.8) is 0 Å². The summed E-state index contributed by atoms with van der Waals surface area (Å²) in [7, 11) is 0. The summed E-state index contributed by atoms with van der Waals surface area (Å²) in [4.78, 5) is 24.2. The largest absolute Gasteiger partial charge is 0.385 e. The van der Waals surface area contributed by atoms with Crippen molar-refractivity contribution in [2.75, 3.05) is 24.8 Å². The quantitative estimate of drug-likeness (QED) is 0.731. The molecule has 29 heavy (non-hydrogen) atoms. The van der Waals surface area contributed by atoms with E-state index >= 15 is 0 Å². The number of halogens is 3. The zero-order chi connectivity index (χ0) is 21.2. The van der Waals surface area contributed by atoms with Gasteiger partial charge in [-0.25, -0.2) is 23.1 Å². The standard InChI is InChI=1S/C18H18F3N5O2S/c1-17(18(20,21)9-28-8-14(22)26-17)11-5-10(3-4-12(11)19)25-16(27)13-6-24-15(29-2)7-23-13/h3-7H,8-9H2,1-2H3,(H2,22,26)(H,25,27). The highest BCUT2D eigenvalue weighted by atomic mass is 32.2. The molecule has 2 aromatic rings. The number of nitrogens with one attached hydrogen (secondary N) is 1. The molecule has 0 saturated heterocycles. The normalized spacial score (nSPS) is 21.2. The second-order valence-corrected chi connectivity index (χ2v) is 7.29. The Morgan fingerprint density at radius 2 is 2.07 bits per heavy atom. The van der Waals surface area contributed by atoms with Gasteiger partial charge in [-0.15, -0.1) is 11.8 Å². The van der Waals surface area contributed by atoms with Crippen molar-refractivity contribution >= 4 is 29.2 Å². The number of aromatic nitrogens is 2. The average Bonchev–Trinajstić information content (AvgIpc) is 2.78. The van der Waals surface area contributed by atoms with Crippen molar-refractivity contribution in [2.24, 2.45) is 10.7 Å². The molecule has 0 spiro atoms. The molecule has 1 aliphatic heterocycles. The average molecular weight is 425 g/mol. The minimum atomic E-state index is -3.53. The molecule has 0 radical (unpaired) electrons. The van der Waals surface area contributed by atoms with Crippen LogP contribution in [0.5, 0.6) is 0 Å². The van der Waals surface area contributed by atoms with E-state index in [-0.39, 0.29) is 23.8 Å². The molecular weight excluding hydrogens is 407 g/mol. The van der Waals surface area contributed by atoms with Crippen LogP contribution >= 0.6 is 11.8 Å². The predicted molar refractivity (Wildman–Crippen MR) is 103 cm³/mol. The zero-order valence-corrected chi connectivity index (χ0v) is 16.4. The van der Waals surface area contributed by atoms with Crippen LogP contribution < -0.4 is 11.1 Å². The topological polar surface area (TPSA) is 102 Å². The second-order valence-electron chi connectivity index (χ2n) is 6.47. The number of nitrogens with zero attached hydrogens (tertiary/aromatic N) is 3. The van der Waals surface area contributed by atoms with Gasteiger partial charge < -0.3 is 15.8 Å². The highest BCUT2D eigenvalue weighted by molar-refractivity contribution is 7.98. The van der Waals surface area contributed by atoms with Crippen LogP contribution in [-0.4, -0.2) is 47.1 Å². The van der Waals surface area contributed by atoms with Gasteiger partial charge in [0.1, 0.15) is 35.6 Å². The predicted octanol–water partition coefficient (Wildman–Crippen LogP) is 2.83. The number of thioether (sulfide) groups is 1. The maximum Gasteiger partial charge on any atom is 0.299 e. The van der Waals surface area contributed by atoms with Crippen LogP contribution in [-0.2, 0) is 10.3 Å². The fourth-order valence-electron chi connectivity index (χ4n) is 2.79. The SMILES string of the molecule is CSc1cnc(C(=O)Nc2ccc(F)c(C3(C)N=C(N)COCC3(F)F)c2)cn1. The molecule has 11 heteroatoms. The summed E-state index contributed by atoms with van der Waals surface area (Å²) >= 11 is 1.36. The molecule has 2 heterocycles. The van der Waals surface area contributed by atoms with Crippen LogP contribution in [0.4, 0.5) is 18.9 Å². The number of amidine groups is 1. The second kappa shape index (κ2) is 7.99. The number of aliphatic imine (C=N–C) groups is 1. The number of anilines is 1. The van der Waals surface area contributed by atoms with E-state index in [1.807, 2.05) is 6.26 Å². The van der Waals surface area contributed by atoms with Crippen LogP contribution in [0, 0.1) is 5.82 Å². The molecule has 0 bridgehead atoms. The molecule has 1 aromatic carbocycles. The number of alkyl halides is 2. The third-order valence-corrected chi connectivity index (χ3v) is 5.06. The Hall–Kier alpha value is -2.66. The highest BCUT2D eigenvalue weighted by Gasteiger charge is 2.54. The lowest BCUT2D eigenvalue weighted by molar-refractivity contribution is -0.116. The summed E-state index contributed by atoms with van der Waals surface area (Å²) in [5, 5.41) is 3.13. The Morgan fingerprint density at radius 3 is 2.72 bits per heavy atom. The first-order valence-corrected chi connectivity index (χ1v) is 9.66. The molecule has 154 valence electrons. The smallest absolute Gasteiger partial charge is 0.299 e. The van der Waals surface area contributed by atoms with Crippen molar-refractivity contribution in [2.45, 2.75) is 23.4 Å². The van der Waals surface area contributed by atoms with Crippen molar-refractivity contribution in [1.29, 1.82) is 0 Å². The Bertz CT molecular complexity index is 955. The molecule has 0 aliphatic carbocycles. The molecule has 1 aliphatic rings. The van der Waals surface area contributed by atoms with Gasteiger partial charge in [-0.1, -0.05) is 0 Å². The van der Waals surface area contributed by atoms with E-state index in [0.717, 1.165) is 19.1 Å². The summed E-state index contributed by atoms with van der Waals surface area (Å²) in [6.07, 6.45) is 4.53. The van der Waals surface area contributed by atoms with Crippen LogP contribution in [0.25, 0.3) is 0 Å². The van der Waals surface area contributed by atoms with Gasteiger partial charge in [-0.05, 0) is 31.4 Å². The van der Waals surface area contributed by atoms with E-state index < -0.39 is 35.4 Å². The molecule has 3 rings (SSSR count). The van der Waals surface area contributed by atoms with E-state index in [9.17, 15) is 18.0 Å². The molecule has 7 nitrogen and oxygen atoms in total. The summed E-state index contributed by atoms with van der Waals surface area (Å²) in [6.45, 7) is -0.180. The molecule has 3 N–H and O–H groups in total. The highest BCUT2D eigenvalue weighted by Crippen LogP contribution is 2.44. The van der Waals surface area contributed by atoms with E-state index in [2.05, 4.69) is 20.3 Å². The first-order chi connectivity index (χ1) is 13.7. The van der Waals surface area contributed by atoms with Gasteiger partial charge in [0.15, 0.2) is 5.54 Å². The molecule has 1 amide bonds. The van der Waals surface area contributed by atoms with Gasteiger partial charge in [-0.2, -0.15) is 0 Å². The maximum absolute atomic E-state index is 14.7. The molecule has 0 fully saturated rings. The summed E-state index contributed by atoms with van der Waals surface area (Å²) in [5.74, 6) is -5.24. The Balaban J connectivity index is 1.95. The molecule has 1 aromatic heterocycles.